The second-order valence-electron chi connectivity index (χ2n) is 10.2. The highest BCUT2D eigenvalue weighted by molar-refractivity contribution is 7.18. The van der Waals surface area contributed by atoms with Crippen molar-refractivity contribution < 1.29 is 27.4 Å². The summed E-state index contributed by atoms with van der Waals surface area (Å²) >= 11 is 0.999. The SMILES string of the molecule is CNc1nc(N(C)[C@H]2C[C@@H](NCc3ccc(-c4cc(F)cc(OC)c4)cc3)C[C@H]2O)c2cc(CC(F)(F)F)sc2n1. The Bertz CT molecular complexity index is 1510. The van der Waals surface area contributed by atoms with Gasteiger partial charge < -0.3 is 25.4 Å². The van der Waals surface area contributed by atoms with Crippen LogP contribution in [-0.4, -0.2) is 60.6 Å². The largest absolute Gasteiger partial charge is 0.497 e. The Balaban J connectivity index is 1.26. The predicted octanol–water partition coefficient (Wildman–Crippen LogP) is 5.77. The van der Waals surface area contributed by atoms with Crippen molar-refractivity contribution in [3.8, 4) is 16.9 Å². The number of ether oxygens (including phenoxy) is 1. The van der Waals surface area contributed by atoms with E-state index in [9.17, 15) is 22.7 Å². The Morgan fingerprint density at radius 1 is 1.07 bits per heavy atom. The maximum absolute atomic E-state index is 13.9. The van der Waals surface area contributed by atoms with E-state index in [0.717, 1.165) is 28.0 Å². The molecule has 2 aromatic carbocycles. The van der Waals surface area contributed by atoms with Crippen molar-refractivity contribution in [2.24, 2.45) is 0 Å². The highest BCUT2D eigenvalue weighted by Crippen LogP contribution is 2.37. The van der Waals surface area contributed by atoms with Gasteiger partial charge in [0.15, 0.2) is 0 Å². The first-order valence-electron chi connectivity index (χ1n) is 13.2. The van der Waals surface area contributed by atoms with Crippen molar-refractivity contribution in [2.75, 3.05) is 31.4 Å². The maximum Gasteiger partial charge on any atom is 0.393 e. The molecule has 0 radical (unpaired) electrons. The molecule has 2 heterocycles. The fourth-order valence-corrected chi connectivity index (χ4v) is 6.33. The van der Waals surface area contributed by atoms with Crippen LogP contribution in [0.15, 0.2) is 48.5 Å². The first kappa shape index (κ1) is 29.0. The zero-order valence-corrected chi connectivity index (χ0v) is 23.6. The molecule has 1 aliphatic carbocycles. The molecule has 3 N–H and O–H groups in total. The average molecular weight is 590 g/mol. The number of likely N-dealkylation sites (N-methyl/N-ethyl adjacent to an activating group) is 1. The fourth-order valence-electron chi connectivity index (χ4n) is 5.28. The molecule has 1 saturated carbocycles. The van der Waals surface area contributed by atoms with Crippen LogP contribution in [0, 0.1) is 5.82 Å². The quantitative estimate of drug-likeness (QED) is 0.214. The second-order valence-corrected chi connectivity index (χ2v) is 11.3. The first-order valence-corrected chi connectivity index (χ1v) is 14.0. The lowest BCUT2D eigenvalue weighted by molar-refractivity contribution is -0.126. The molecule has 0 aliphatic heterocycles. The van der Waals surface area contributed by atoms with Crippen LogP contribution < -0.4 is 20.3 Å². The van der Waals surface area contributed by atoms with Crippen LogP contribution in [0.4, 0.5) is 29.3 Å². The average Bonchev–Trinajstić information content (AvgIpc) is 3.51. The third-order valence-corrected chi connectivity index (χ3v) is 8.37. The molecule has 0 bridgehead atoms. The van der Waals surface area contributed by atoms with Crippen molar-refractivity contribution in [3.63, 3.8) is 0 Å². The molecule has 41 heavy (non-hydrogen) atoms. The number of aliphatic hydroxyl groups excluding tert-OH is 1. The Morgan fingerprint density at radius 2 is 1.83 bits per heavy atom. The van der Waals surface area contributed by atoms with Gasteiger partial charge >= 0.3 is 6.18 Å². The minimum Gasteiger partial charge on any atom is -0.497 e. The fraction of sp³-hybridized carbons (Fsp3) is 0.379. The summed E-state index contributed by atoms with van der Waals surface area (Å²) < 4.78 is 58.2. The standard InChI is InChI=1S/C29H31F4N5O2S/c1-34-28-36-26(23-13-22(14-29(31,32)33)41-27(23)37-28)38(2)24-11-20(12-25(24)39)35-15-16-4-6-17(7-5-16)18-8-19(30)10-21(9-18)40-3/h4-10,13,20,24-25,35,39H,11-12,14-15H2,1-3H3,(H,34,36,37)/t20-,24+,25-/m1/s1. The van der Waals surface area contributed by atoms with Crippen molar-refractivity contribution in [1.29, 1.82) is 0 Å². The van der Waals surface area contributed by atoms with Crippen LogP contribution in [-0.2, 0) is 13.0 Å². The predicted molar refractivity (Wildman–Crippen MR) is 153 cm³/mol. The van der Waals surface area contributed by atoms with Gasteiger partial charge in [-0.05, 0) is 47.7 Å². The number of nitrogens with zero attached hydrogens (tertiary/aromatic N) is 3. The van der Waals surface area contributed by atoms with Crippen molar-refractivity contribution in [3.05, 3.63) is 64.8 Å². The summed E-state index contributed by atoms with van der Waals surface area (Å²) in [5.74, 6) is 0.881. The number of methoxy groups -OCH3 is 1. The van der Waals surface area contributed by atoms with Crippen LogP contribution in [0.25, 0.3) is 21.3 Å². The highest BCUT2D eigenvalue weighted by Gasteiger charge is 2.37. The summed E-state index contributed by atoms with van der Waals surface area (Å²) in [6.07, 6.45) is -4.86. The van der Waals surface area contributed by atoms with Crippen LogP contribution in [0.3, 0.4) is 0 Å². The van der Waals surface area contributed by atoms with Gasteiger partial charge in [0, 0.05) is 37.6 Å². The molecule has 4 aromatic rings. The van der Waals surface area contributed by atoms with Crippen LogP contribution >= 0.6 is 11.3 Å². The molecule has 3 atom stereocenters. The topological polar surface area (TPSA) is 82.5 Å². The van der Waals surface area contributed by atoms with E-state index in [1.807, 2.05) is 29.2 Å². The lowest BCUT2D eigenvalue weighted by atomic mass is 10.0. The second kappa shape index (κ2) is 11.8. The number of halogens is 4. The molecule has 5 rings (SSSR count). The zero-order chi connectivity index (χ0) is 29.3. The van der Waals surface area contributed by atoms with Gasteiger partial charge in [-0.2, -0.15) is 18.2 Å². The number of anilines is 2. The number of hydrogen-bond acceptors (Lipinski definition) is 8. The first-order chi connectivity index (χ1) is 19.5. The number of alkyl halides is 3. The third kappa shape index (κ3) is 6.71. The Hall–Kier alpha value is -3.48. The van der Waals surface area contributed by atoms with Gasteiger partial charge in [0.1, 0.15) is 22.2 Å². The van der Waals surface area contributed by atoms with Crippen molar-refractivity contribution in [1.82, 2.24) is 15.3 Å². The van der Waals surface area contributed by atoms with Gasteiger partial charge in [0.2, 0.25) is 5.95 Å². The molecule has 1 aliphatic rings. The third-order valence-electron chi connectivity index (χ3n) is 7.34. The molecule has 2 aromatic heterocycles. The minimum atomic E-state index is -4.32. The number of rotatable bonds is 9. The molecule has 0 unspecified atom stereocenters. The summed E-state index contributed by atoms with van der Waals surface area (Å²) in [5, 5.41) is 17.9. The van der Waals surface area contributed by atoms with Crippen molar-refractivity contribution in [2.45, 2.75) is 50.2 Å². The summed E-state index contributed by atoms with van der Waals surface area (Å²) in [5.41, 5.74) is 2.63. The summed E-state index contributed by atoms with van der Waals surface area (Å²) in [6.45, 7) is 0.577. The number of aliphatic hydroxyl groups is 1. The van der Waals surface area contributed by atoms with E-state index in [1.165, 1.54) is 25.3 Å². The Kier molecular flexibility index (Phi) is 8.35. The Morgan fingerprint density at radius 3 is 2.51 bits per heavy atom. The van der Waals surface area contributed by atoms with Gasteiger partial charge in [-0.3, -0.25) is 0 Å². The van der Waals surface area contributed by atoms with E-state index < -0.39 is 18.7 Å². The number of benzene rings is 2. The molecule has 0 amide bonds. The van der Waals surface area contributed by atoms with Crippen LogP contribution in [0.2, 0.25) is 0 Å². The van der Waals surface area contributed by atoms with Gasteiger partial charge in [0.05, 0.1) is 31.1 Å². The molecule has 12 heteroatoms. The molecular formula is C29H31F4N5O2S. The number of nitrogens with one attached hydrogen (secondary N) is 2. The van der Waals surface area contributed by atoms with Crippen LogP contribution in [0.1, 0.15) is 23.3 Å². The lowest BCUT2D eigenvalue weighted by Gasteiger charge is -2.29. The molecule has 0 saturated heterocycles. The molecule has 0 spiro atoms. The van der Waals surface area contributed by atoms with E-state index in [2.05, 4.69) is 20.6 Å². The number of aromatic nitrogens is 2. The van der Waals surface area contributed by atoms with E-state index in [1.54, 1.807) is 20.2 Å². The van der Waals surface area contributed by atoms with E-state index in [4.69, 9.17) is 4.74 Å². The lowest BCUT2D eigenvalue weighted by Crippen LogP contribution is -2.38. The monoisotopic (exact) mass is 589 g/mol. The summed E-state index contributed by atoms with van der Waals surface area (Å²) in [6, 6.07) is 13.6. The maximum atomic E-state index is 13.9. The van der Waals surface area contributed by atoms with E-state index >= 15 is 0 Å². The van der Waals surface area contributed by atoms with Gasteiger partial charge in [-0.25, -0.2) is 9.37 Å². The van der Waals surface area contributed by atoms with Crippen molar-refractivity contribution >= 4 is 33.3 Å². The highest BCUT2D eigenvalue weighted by atomic mass is 32.1. The molecule has 1 fully saturated rings. The smallest absolute Gasteiger partial charge is 0.393 e. The van der Waals surface area contributed by atoms with Gasteiger partial charge in [-0.15, -0.1) is 11.3 Å². The Labute approximate surface area is 239 Å². The number of thiophene rings is 1. The molecule has 7 nitrogen and oxygen atoms in total. The van der Waals surface area contributed by atoms with E-state index in [0.29, 0.717) is 47.1 Å². The normalized spacial score (nSPS) is 19.1. The van der Waals surface area contributed by atoms with Crippen LogP contribution in [0.5, 0.6) is 5.75 Å². The zero-order valence-electron chi connectivity index (χ0n) is 22.8. The van der Waals surface area contributed by atoms with E-state index in [-0.39, 0.29) is 22.8 Å². The van der Waals surface area contributed by atoms with Gasteiger partial charge in [-0.1, -0.05) is 24.3 Å². The minimum absolute atomic E-state index is 0.0222. The summed E-state index contributed by atoms with van der Waals surface area (Å²) in [4.78, 5) is 11.4. The number of hydrogen-bond donors (Lipinski definition) is 3. The molecular weight excluding hydrogens is 558 g/mol. The van der Waals surface area contributed by atoms with Gasteiger partial charge in [0.25, 0.3) is 0 Å². The number of fused-ring (bicyclic) bond motifs is 1. The summed E-state index contributed by atoms with van der Waals surface area (Å²) in [7, 11) is 4.96. The molecule has 218 valence electrons.